The second-order valence-electron chi connectivity index (χ2n) is 4.49. The molecule has 19 heavy (non-hydrogen) atoms. The fraction of sp³-hybridized carbons (Fsp3) is 0.692. The number of nitrogens with zero attached hydrogens (tertiary/aromatic N) is 2. The van der Waals surface area contributed by atoms with Gasteiger partial charge in [0.2, 0.25) is 0 Å². The highest BCUT2D eigenvalue weighted by Crippen LogP contribution is 2.23. The van der Waals surface area contributed by atoms with Crippen LogP contribution in [0.25, 0.3) is 0 Å². The Balaban J connectivity index is 1.87. The molecule has 2 fully saturated rings. The molecule has 0 aromatic heterocycles. The molecule has 0 saturated carbocycles. The number of ether oxygens (including phenoxy) is 2. The van der Waals surface area contributed by atoms with Crippen LogP contribution in [0.15, 0.2) is 22.3 Å². The topological polar surface area (TPSA) is 51.0 Å². The Hall–Kier alpha value is -0.850. The second-order valence-corrected chi connectivity index (χ2v) is 5.38. The van der Waals surface area contributed by atoms with E-state index in [1.807, 2.05) is 5.41 Å². The van der Waals surface area contributed by atoms with E-state index in [4.69, 9.17) is 15.2 Å². The summed E-state index contributed by atoms with van der Waals surface area (Å²) in [4.78, 5) is 4.51. The van der Waals surface area contributed by atoms with Gasteiger partial charge in [0, 0.05) is 31.6 Å². The number of hydrogen-bond acceptors (Lipinski definition) is 6. The van der Waals surface area contributed by atoms with Crippen molar-refractivity contribution in [3.63, 3.8) is 0 Å². The van der Waals surface area contributed by atoms with E-state index in [0.717, 1.165) is 58.4 Å². The predicted octanol–water partition coefficient (Wildman–Crippen LogP) is 1.00. The monoisotopic (exact) mass is 285 g/mol. The maximum atomic E-state index is 6.12. The van der Waals surface area contributed by atoms with E-state index in [2.05, 4.69) is 22.8 Å². The van der Waals surface area contributed by atoms with Gasteiger partial charge in [-0.25, -0.2) is 0 Å². The Bertz CT molecular complexity index is 335. The molecule has 0 bridgehead atoms. The van der Waals surface area contributed by atoms with Crippen molar-refractivity contribution in [2.75, 3.05) is 52.6 Å². The molecule has 0 aromatic carbocycles. The van der Waals surface area contributed by atoms with E-state index in [0.29, 0.717) is 0 Å². The number of hydrogen-bond donors (Lipinski definition) is 1. The molecule has 2 aliphatic heterocycles. The number of rotatable bonds is 4. The summed E-state index contributed by atoms with van der Waals surface area (Å²) in [7, 11) is 0. The zero-order valence-corrected chi connectivity index (χ0v) is 12.3. The van der Waals surface area contributed by atoms with Gasteiger partial charge in [0.25, 0.3) is 0 Å². The van der Waals surface area contributed by atoms with Crippen molar-refractivity contribution in [1.29, 1.82) is 0 Å². The third-order valence-corrected chi connectivity index (χ3v) is 4.34. The van der Waals surface area contributed by atoms with Gasteiger partial charge in [-0.3, -0.25) is 0 Å². The molecule has 0 unspecified atom stereocenters. The van der Waals surface area contributed by atoms with Crippen molar-refractivity contribution < 1.29 is 9.47 Å². The van der Waals surface area contributed by atoms with Crippen LogP contribution in [0.5, 0.6) is 0 Å². The maximum absolute atomic E-state index is 6.12. The molecular formula is C13H23N3O2S. The lowest BCUT2D eigenvalue weighted by Gasteiger charge is -2.31. The molecule has 0 aromatic rings. The molecule has 2 heterocycles. The average Bonchev–Trinajstić information content (AvgIpc) is 2.49. The van der Waals surface area contributed by atoms with Crippen LogP contribution in [-0.4, -0.2) is 62.4 Å². The van der Waals surface area contributed by atoms with Crippen molar-refractivity contribution in [3.05, 3.63) is 22.3 Å². The van der Waals surface area contributed by atoms with Gasteiger partial charge in [0.1, 0.15) is 5.82 Å². The van der Waals surface area contributed by atoms with Crippen LogP contribution in [-0.2, 0) is 9.47 Å². The van der Waals surface area contributed by atoms with Gasteiger partial charge in [-0.15, -0.1) is 0 Å². The molecule has 0 amide bonds. The van der Waals surface area contributed by atoms with E-state index < -0.39 is 0 Å². The average molecular weight is 285 g/mol. The first kappa shape index (κ1) is 14.6. The summed E-state index contributed by atoms with van der Waals surface area (Å²) in [6, 6.07) is 0. The molecule has 2 saturated heterocycles. The minimum absolute atomic E-state index is 0.763. The van der Waals surface area contributed by atoms with Crippen LogP contribution in [0.1, 0.15) is 6.92 Å². The normalized spacial score (nSPS) is 22.8. The van der Waals surface area contributed by atoms with Gasteiger partial charge < -0.3 is 25.0 Å². The molecule has 0 spiro atoms. The van der Waals surface area contributed by atoms with E-state index >= 15 is 0 Å². The Morgan fingerprint density at radius 1 is 1.00 bits per heavy atom. The summed E-state index contributed by atoms with van der Waals surface area (Å²) < 4.78 is 10.7. The van der Waals surface area contributed by atoms with Crippen LogP contribution < -0.4 is 5.73 Å². The predicted molar refractivity (Wildman–Crippen MR) is 78.4 cm³/mol. The molecular weight excluding hydrogens is 262 g/mol. The standard InChI is InChI=1S/C13H23N3O2S/c1-2-13(16-5-9-18-10-6-16)19-11-12(14)15-3-7-17-8-4-15/h2,11H,3-10,14H2,1H3/b12-11+,13-2-. The van der Waals surface area contributed by atoms with Crippen molar-refractivity contribution in [3.8, 4) is 0 Å². The van der Waals surface area contributed by atoms with Crippen molar-refractivity contribution in [2.24, 2.45) is 5.73 Å². The van der Waals surface area contributed by atoms with Crippen LogP contribution >= 0.6 is 11.8 Å². The zero-order valence-electron chi connectivity index (χ0n) is 11.5. The smallest absolute Gasteiger partial charge is 0.106 e. The molecule has 2 rings (SSSR count). The molecule has 6 heteroatoms. The number of allylic oxidation sites excluding steroid dienone is 1. The Morgan fingerprint density at radius 2 is 1.53 bits per heavy atom. The van der Waals surface area contributed by atoms with Gasteiger partial charge in [-0.05, 0) is 6.92 Å². The van der Waals surface area contributed by atoms with Crippen molar-refractivity contribution in [1.82, 2.24) is 9.80 Å². The summed E-state index contributed by atoms with van der Waals surface area (Å²) in [6.45, 7) is 8.88. The van der Waals surface area contributed by atoms with Crippen molar-refractivity contribution >= 4 is 11.8 Å². The molecule has 0 radical (unpaired) electrons. The number of morpholine rings is 2. The second kappa shape index (κ2) is 7.67. The number of thioether (sulfide) groups is 1. The van der Waals surface area contributed by atoms with Gasteiger partial charge in [-0.2, -0.15) is 0 Å². The maximum Gasteiger partial charge on any atom is 0.106 e. The quantitative estimate of drug-likeness (QED) is 0.832. The van der Waals surface area contributed by atoms with Gasteiger partial charge in [-0.1, -0.05) is 17.8 Å². The summed E-state index contributed by atoms with van der Waals surface area (Å²) >= 11 is 1.69. The van der Waals surface area contributed by atoms with Crippen LogP contribution in [0.4, 0.5) is 0 Å². The summed E-state index contributed by atoms with van der Waals surface area (Å²) in [5, 5.41) is 3.29. The minimum atomic E-state index is 0.763. The van der Waals surface area contributed by atoms with Gasteiger partial charge >= 0.3 is 0 Å². The zero-order chi connectivity index (χ0) is 13.5. The van der Waals surface area contributed by atoms with Gasteiger partial charge in [0.15, 0.2) is 0 Å². The molecule has 2 aliphatic rings. The van der Waals surface area contributed by atoms with E-state index in [1.54, 1.807) is 11.8 Å². The van der Waals surface area contributed by atoms with Crippen molar-refractivity contribution in [2.45, 2.75) is 6.92 Å². The minimum Gasteiger partial charge on any atom is -0.385 e. The Kier molecular flexibility index (Phi) is 5.88. The summed E-state index contributed by atoms with van der Waals surface area (Å²) in [5.74, 6) is 0.834. The molecule has 5 nitrogen and oxygen atoms in total. The largest absolute Gasteiger partial charge is 0.385 e. The highest BCUT2D eigenvalue weighted by Gasteiger charge is 2.14. The first-order valence-corrected chi connectivity index (χ1v) is 7.63. The lowest BCUT2D eigenvalue weighted by atomic mass is 10.4. The highest BCUT2D eigenvalue weighted by molar-refractivity contribution is 8.05. The lowest BCUT2D eigenvalue weighted by molar-refractivity contribution is 0.0531. The van der Waals surface area contributed by atoms with E-state index in [1.165, 1.54) is 5.03 Å². The number of nitrogens with two attached hydrogens (primary N) is 1. The van der Waals surface area contributed by atoms with E-state index in [-0.39, 0.29) is 0 Å². The Morgan fingerprint density at radius 3 is 2.05 bits per heavy atom. The molecule has 0 aliphatic carbocycles. The van der Waals surface area contributed by atoms with Gasteiger partial charge in [0.05, 0.1) is 31.5 Å². The fourth-order valence-electron chi connectivity index (χ4n) is 2.13. The third-order valence-electron chi connectivity index (χ3n) is 3.25. The SMILES string of the molecule is C/C=C(\S/C=C(\N)N1CCOCC1)N1CCOCC1. The van der Waals surface area contributed by atoms with E-state index in [9.17, 15) is 0 Å². The lowest BCUT2D eigenvalue weighted by Crippen LogP contribution is -2.38. The molecule has 108 valence electrons. The first-order chi connectivity index (χ1) is 9.31. The Labute approximate surface area is 119 Å². The summed E-state index contributed by atoms with van der Waals surface area (Å²) in [5.41, 5.74) is 6.12. The third kappa shape index (κ3) is 4.33. The first-order valence-electron chi connectivity index (χ1n) is 6.75. The highest BCUT2D eigenvalue weighted by atomic mass is 32.2. The molecule has 0 atom stereocenters. The van der Waals surface area contributed by atoms with Crippen LogP contribution in [0, 0.1) is 0 Å². The van der Waals surface area contributed by atoms with Crippen LogP contribution in [0.2, 0.25) is 0 Å². The summed E-state index contributed by atoms with van der Waals surface area (Å²) in [6.07, 6.45) is 2.14. The van der Waals surface area contributed by atoms with Crippen LogP contribution in [0.3, 0.4) is 0 Å². The fourth-order valence-corrected chi connectivity index (χ4v) is 2.98. The molecule has 2 N–H and O–H groups in total.